The summed E-state index contributed by atoms with van der Waals surface area (Å²) in [6.45, 7) is 5.01. The van der Waals surface area contributed by atoms with E-state index in [0.717, 1.165) is 11.5 Å². The topological polar surface area (TPSA) is 59.0 Å². The van der Waals surface area contributed by atoms with E-state index in [1.165, 1.54) is 0 Å². The van der Waals surface area contributed by atoms with Gasteiger partial charge in [0.05, 0.1) is 6.54 Å². The molecule has 1 aromatic heterocycles. The van der Waals surface area contributed by atoms with Crippen LogP contribution in [0.5, 0.6) is 0 Å². The molecule has 2 rings (SSSR count). The minimum Gasteiger partial charge on any atom is -0.325 e. The Kier molecular flexibility index (Phi) is 5.36. The van der Waals surface area contributed by atoms with Gasteiger partial charge in [0.1, 0.15) is 12.4 Å². The van der Waals surface area contributed by atoms with Crippen LogP contribution < -0.4 is 10.6 Å². The maximum absolute atomic E-state index is 12.0. The number of carbonyl (C=O) groups excluding carboxylic acids is 1. The molecule has 21 heavy (non-hydrogen) atoms. The van der Waals surface area contributed by atoms with Gasteiger partial charge in [-0.1, -0.05) is 25.4 Å². The first-order valence-electron chi connectivity index (χ1n) is 6.83. The zero-order valence-electron chi connectivity index (χ0n) is 12.1. The maximum atomic E-state index is 12.0. The molecule has 0 bridgehead atoms. The Morgan fingerprint density at radius 3 is 2.71 bits per heavy atom. The summed E-state index contributed by atoms with van der Waals surface area (Å²) in [5.41, 5.74) is 0.728. The third-order valence-electron chi connectivity index (χ3n) is 2.91. The minimum atomic E-state index is -0.0962. The molecule has 0 spiro atoms. The summed E-state index contributed by atoms with van der Waals surface area (Å²) in [7, 11) is 0. The zero-order valence-corrected chi connectivity index (χ0v) is 12.9. The van der Waals surface area contributed by atoms with Gasteiger partial charge in [-0.25, -0.2) is 4.98 Å². The molecule has 0 saturated carbocycles. The second-order valence-corrected chi connectivity index (χ2v) is 5.50. The van der Waals surface area contributed by atoms with Crippen LogP contribution >= 0.6 is 11.6 Å². The number of benzene rings is 1. The Bertz CT molecular complexity index is 592. The third-order valence-corrected chi connectivity index (χ3v) is 3.16. The van der Waals surface area contributed by atoms with E-state index in [4.69, 9.17) is 11.6 Å². The van der Waals surface area contributed by atoms with Crippen LogP contribution in [0.15, 0.2) is 36.7 Å². The molecule has 1 heterocycles. The van der Waals surface area contributed by atoms with E-state index in [9.17, 15) is 4.79 Å². The number of aromatic nitrogens is 2. The molecule has 0 aliphatic carbocycles. The summed E-state index contributed by atoms with van der Waals surface area (Å²) in [6, 6.07) is 7.40. The highest BCUT2D eigenvalue weighted by molar-refractivity contribution is 6.30. The minimum absolute atomic E-state index is 0.0962. The van der Waals surface area contributed by atoms with Gasteiger partial charge in [0, 0.05) is 29.1 Å². The molecule has 2 N–H and O–H groups in total. The summed E-state index contributed by atoms with van der Waals surface area (Å²) in [5.74, 6) is 0.746. The van der Waals surface area contributed by atoms with Crippen molar-refractivity contribution in [3.8, 4) is 0 Å². The molecule has 0 saturated heterocycles. The lowest BCUT2D eigenvalue weighted by Crippen LogP contribution is -2.26. The largest absolute Gasteiger partial charge is 0.325 e. The van der Waals surface area contributed by atoms with E-state index < -0.39 is 0 Å². The van der Waals surface area contributed by atoms with Gasteiger partial charge in [0.15, 0.2) is 0 Å². The maximum Gasteiger partial charge on any atom is 0.244 e. The third kappa shape index (κ3) is 4.88. The highest BCUT2D eigenvalue weighted by Gasteiger charge is 2.08. The lowest BCUT2D eigenvalue weighted by molar-refractivity contribution is -0.116. The van der Waals surface area contributed by atoms with Crippen LogP contribution in [0, 0.1) is 0 Å². The van der Waals surface area contributed by atoms with Crippen molar-refractivity contribution in [3.05, 3.63) is 47.5 Å². The average molecular weight is 307 g/mol. The van der Waals surface area contributed by atoms with Gasteiger partial charge in [-0.2, -0.15) is 0 Å². The monoisotopic (exact) mass is 306 g/mol. The first-order chi connectivity index (χ1) is 10.0. The molecule has 1 amide bonds. The molecule has 0 atom stereocenters. The number of hydrogen-bond donors (Lipinski definition) is 2. The quantitative estimate of drug-likeness (QED) is 0.862. The lowest BCUT2D eigenvalue weighted by atomic mass is 10.3. The zero-order chi connectivity index (χ0) is 15.2. The van der Waals surface area contributed by atoms with Crippen molar-refractivity contribution in [1.82, 2.24) is 14.9 Å². The summed E-state index contributed by atoms with van der Waals surface area (Å²) in [5, 5.41) is 6.76. The van der Waals surface area contributed by atoms with Gasteiger partial charge < -0.3 is 15.2 Å². The second kappa shape index (κ2) is 7.24. The van der Waals surface area contributed by atoms with Crippen LogP contribution in [0.2, 0.25) is 5.02 Å². The molecular weight excluding hydrogens is 288 g/mol. The van der Waals surface area contributed by atoms with Crippen molar-refractivity contribution < 1.29 is 4.79 Å². The van der Waals surface area contributed by atoms with Crippen LogP contribution in [0.1, 0.15) is 19.7 Å². The van der Waals surface area contributed by atoms with Crippen LogP contribution in [0.25, 0.3) is 0 Å². The smallest absolute Gasteiger partial charge is 0.244 e. The van der Waals surface area contributed by atoms with Crippen molar-refractivity contribution in [3.63, 3.8) is 0 Å². The van der Waals surface area contributed by atoms with Crippen LogP contribution in [0.3, 0.4) is 0 Å². The van der Waals surface area contributed by atoms with Crippen LogP contribution in [-0.2, 0) is 17.9 Å². The van der Waals surface area contributed by atoms with Gasteiger partial charge in [-0.05, 0) is 24.3 Å². The Morgan fingerprint density at radius 1 is 1.33 bits per heavy atom. The Hall–Kier alpha value is -1.85. The molecule has 0 aliphatic heterocycles. The second-order valence-electron chi connectivity index (χ2n) is 5.06. The number of halogens is 1. The number of hydrogen-bond acceptors (Lipinski definition) is 3. The highest BCUT2D eigenvalue weighted by atomic mass is 35.5. The highest BCUT2D eigenvalue weighted by Crippen LogP contribution is 2.13. The van der Waals surface area contributed by atoms with Gasteiger partial charge in [-0.3, -0.25) is 4.79 Å². The number of amides is 1. The van der Waals surface area contributed by atoms with E-state index in [-0.39, 0.29) is 12.5 Å². The Labute approximate surface area is 129 Å². The molecule has 0 aliphatic rings. The standard InChI is InChI=1S/C15H19ClN4O/c1-11(2)18-9-14-17-7-8-20(14)10-15(21)19-13-5-3-12(16)4-6-13/h3-8,11,18H,9-10H2,1-2H3,(H,19,21). The number of nitrogens with one attached hydrogen (secondary N) is 2. The van der Waals surface area contributed by atoms with Gasteiger partial charge in [0.25, 0.3) is 0 Å². The summed E-state index contributed by atoms with van der Waals surface area (Å²) in [6.07, 6.45) is 3.51. The van der Waals surface area contributed by atoms with E-state index >= 15 is 0 Å². The molecule has 6 heteroatoms. The first-order valence-corrected chi connectivity index (χ1v) is 7.21. The fourth-order valence-corrected chi connectivity index (χ4v) is 1.96. The van der Waals surface area contributed by atoms with E-state index in [1.54, 1.807) is 36.7 Å². The van der Waals surface area contributed by atoms with Gasteiger partial charge in [0.2, 0.25) is 5.91 Å². The van der Waals surface area contributed by atoms with Crippen molar-refractivity contribution in [2.75, 3.05) is 5.32 Å². The fraction of sp³-hybridized carbons (Fsp3) is 0.333. The number of nitrogens with zero attached hydrogens (tertiary/aromatic N) is 2. The van der Waals surface area contributed by atoms with Crippen molar-refractivity contribution in [2.45, 2.75) is 33.0 Å². The van der Waals surface area contributed by atoms with E-state index in [2.05, 4.69) is 29.5 Å². The first kappa shape index (κ1) is 15.5. The molecule has 2 aromatic rings. The van der Waals surface area contributed by atoms with Crippen LogP contribution in [0.4, 0.5) is 5.69 Å². The molecular formula is C15H19ClN4O. The Balaban J connectivity index is 1.93. The van der Waals surface area contributed by atoms with E-state index in [0.29, 0.717) is 17.6 Å². The number of imidazole rings is 1. The Morgan fingerprint density at radius 2 is 2.05 bits per heavy atom. The predicted molar refractivity (Wildman–Crippen MR) is 84.3 cm³/mol. The molecule has 5 nitrogen and oxygen atoms in total. The van der Waals surface area contributed by atoms with Crippen LogP contribution in [-0.4, -0.2) is 21.5 Å². The number of anilines is 1. The van der Waals surface area contributed by atoms with Gasteiger partial charge >= 0.3 is 0 Å². The van der Waals surface area contributed by atoms with Crippen molar-refractivity contribution in [1.29, 1.82) is 0 Å². The van der Waals surface area contributed by atoms with Crippen molar-refractivity contribution >= 4 is 23.2 Å². The molecule has 112 valence electrons. The average Bonchev–Trinajstić information content (AvgIpc) is 2.86. The number of carbonyl (C=O) groups is 1. The SMILES string of the molecule is CC(C)NCc1nccn1CC(=O)Nc1ccc(Cl)cc1. The molecule has 0 radical (unpaired) electrons. The fourth-order valence-electron chi connectivity index (χ4n) is 1.84. The molecule has 1 aromatic carbocycles. The number of rotatable bonds is 6. The molecule has 0 unspecified atom stereocenters. The lowest BCUT2D eigenvalue weighted by Gasteiger charge is -2.11. The summed E-state index contributed by atoms with van der Waals surface area (Å²) >= 11 is 5.81. The normalized spacial score (nSPS) is 10.9. The summed E-state index contributed by atoms with van der Waals surface area (Å²) in [4.78, 5) is 16.3. The van der Waals surface area contributed by atoms with Crippen molar-refractivity contribution in [2.24, 2.45) is 0 Å². The van der Waals surface area contributed by atoms with Gasteiger partial charge in [-0.15, -0.1) is 0 Å². The molecule has 0 fully saturated rings. The predicted octanol–water partition coefficient (Wildman–Crippen LogP) is 2.67. The summed E-state index contributed by atoms with van der Waals surface area (Å²) < 4.78 is 1.83. The van der Waals surface area contributed by atoms with E-state index in [1.807, 2.05) is 4.57 Å².